The highest BCUT2D eigenvalue weighted by Crippen LogP contribution is 2.20. The number of hydrogen-bond donors (Lipinski definition) is 1. The summed E-state index contributed by atoms with van der Waals surface area (Å²) in [5, 5.41) is 0. The van der Waals surface area contributed by atoms with E-state index in [-0.39, 0.29) is 11.8 Å². The van der Waals surface area contributed by atoms with Gasteiger partial charge in [0, 0.05) is 11.8 Å². The van der Waals surface area contributed by atoms with Crippen molar-refractivity contribution in [1.29, 1.82) is 0 Å². The van der Waals surface area contributed by atoms with Gasteiger partial charge in [0.05, 0.1) is 11.1 Å². The first kappa shape index (κ1) is 13.1. The van der Waals surface area contributed by atoms with Gasteiger partial charge in [-0.3, -0.25) is 4.79 Å². The third-order valence-electron chi connectivity index (χ3n) is 2.49. The van der Waals surface area contributed by atoms with Gasteiger partial charge in [-0.1, -0.05) is 0 Å². The predicted molar refractivity (Wildman–Crippen MR) is 60.6 cm³/mol. The number of nitrogens with two attached hydrogens (primary N) is 1. The van der Waals surface area contributed by atoms with E-state index in [1.54, 1.807) is 0 Å². The molecule has 0 atom stereocenters. The van der Waals surface area contributed by atoms with Crippen molar-refractivity contribution in [1.82, 2.24) is 0 Å². The van der Waals surface area contributed by atoms with Crippen molar-refractivity contribution in [2.24, 2.45) is 0 Å². The maximum atomic E-state index is 13.5. The lowest BCUT2D eigenvalue weighted by Gasteiger charge is -2.06. The molecule has 2 aromatic rings. The van der Waals surface area contributed by atoms with E-state index in [1.165, 1.54) is 6.07 Å². The largest absolute Gasteiger partial charge is 0.399 e. The lowest BCUT2D eigenvalue weighted by atomic mass is 10.0. The molecule has 0 heterocycles. The molecule has 0 aliphatic heterocycles. The Morgan fingerprint density at radius 1 is 0.789 bits per heavy atom. The summed E-state index contributed by atoms with van der Waals surface area (Å²) >= 11 is 0. The van der Waals surface area contributed by atoms with E-state index in [9.17, 15) is 22.4 Å². The van der Waals surface area contributed by atoms with Crippen LogP contribution in [0.3, 0.4) is 0 Å². The summed E-state index contributed by atoms with van der Waals surface area (Å²) in [6.45, 7) is 0. The molecule has 0 saturated carbocycles. The second-order valence-electron chi connectivity index (χ2n) is 3.81. The monoisotopic (exact) mass is 269 g/mol. The molecule has 2 N–H and O–H groups in total. The standard InChI is InChI=1S/C13H7F4NO/c14-9-2-1-6(18)3-7(9)13(19)8-4-11(16)12(17)5-10(8)15/h1-5H,18H2. The quantitative estimate of drug-likeness (QED) is 0.394. The van der Waals surface area contributed by atoms with Crippen molar-refractivity contribution >= 4 is 11.5 Å². The molecule has 6 heteroatoms. The van der Waals surface area contributed by atoms with Gasteiger partial charge < -0.3 is 5.73 Å². The zero-order valence-electron chi connectivity index (χ0n) is 9.38. The zero-order chi connectivity index (χ0) is 14.2. The minimum Gasteiger partial charge on any atom is -0.399 e. The van der Waals surface area contributed by atoms with Crippen molar-refractivity contribution in [3.8, 4) is 0 Å². The van der Waals surface area contributed by atoms with Crippen molar-refractivity contribution in [3.05, 3.63) is 64.7 Å². The first-order valence-corrected chi connectivity index (χ1v) is 5.14. The maximum Gasteiger partial charge on any atom is 0.199 e. The summed E-state index contributed by atoms with van der Waals surface area (Å²) in [6.07, 6.45) is 0. The number of halogens is 4. The van der Waals surface area contributed by atoms with Crippen LogP contribution in [0.4, 0.5) is 23.2 Å². The second kappa shape index (κ2) is 4.72. The van der Waals surface area contributed by atoms with Crippen LogP contribution in [0.1, 0.15) is 15.9 Å². The van der Waals surface area contributed by atoms with E-state index < -0.39 is 40.2 Å². The van der Waals surface area contributed by atoms with Crippen LogP contribution in [0.5, 0.6) is 0 Å². The first-order chi connectivity index (χ1) is 8.90. The van der Waals surface area contributed by atoms with Crippen LogP contribution in [0.25, 0.3) is 0 Å². The first-order valence-electron chi connectivity index (χ1n) is 5.14. The highest BCUT2D eigenvalue weighted by Gasteiger charge is 2.20. The fraction of sp³-hybridized carbons (Fsp3) is 0. The fourth-order valence-electron chi connectivity index (χ4n) is 1.56. The van der Waals surface area contributed by atoms with Gasteiger partial charge in [-0.2, -0.15) is 0 Å². The van der Waals surface area contributed by atoms with Crippen LogP contribution in [0.2, 0.25) is 0 Å². The van der Waals surface area contributed by atoms with E-state index in [2.05, 4.69) is 0 Å². The molecule has 98 valence electrons. The van der Waals surface area contributed by atoms with Gasteiger partial charge in [-0.15, -0.1) is 0 Å². The number of carbonyl (C=O) groups is 1. The van der Waals surface area contributed by atoms with Gasteiger partial charge in [0.25, 0.3) is 0 Å². The maximum absolute atomic E-state index is 13.5. The molecule has 19 heavy (non-hydrogen) atoms. The highest BCUT2D eigenvalue weighted by molar-refractivity contribution is 6.09. The SMILES string of the molecule is Nc1ccc(F)c(C(=O)c2cc(F)c(F)cc2F)c1. The molecular weight excluding hydrogens is 262 g/mol. The van der Waals surface area contributed by atoms with E-state index >= 15 is 0 Å². The minimum atomic E-state index is -1.43. The normalized spacial score (nSPS) is 10.5. The number of hydrogen-bond acceptors (Lipinski definition) is 2. The topological polar surface area (TPSA) is 43.1 Å². The summed E-state index contributed by atoms with van der Waals surface area (Å²) < 4.78 is 52.6. The summed E-state index contributed by atoms with van der Waals surface area (Å²) in [5.41, 5.74) is 4.21. The van der Waals surface area contributed by atoms with Gasteiger partial charge in [0.1, 0.15) is 11.6 Å². The van der Waals surface area contributed by atoms with E-state index in [0.717, 1.165) is 12.1 Å². The third kappa shape index (κ3) is 2.42. The zero-order valence-corrected chi connectivity index (χ0v) is 9.38. The summed E-state index contributed by atoms with van der Waals surface area (Å²) in [7, 11) is 0. The molecule has 0 saturated heterocycles. The van der Waals surface area contributed by atoms with Crippen molar-refractivity contribution in [2.75, 3.05) is 5.73 Å². The van der Waals surface area contributed by atoms with E-state index in [0.29, 0.717) is 6.07 Å². The Hall–Kier alpha value is -2.37. The Balaban J connectivity index is 2.56. The number of nitrogen functional groups attached to an aromatic ring is 1. The molecule has 0 aliphatic rings. The smallest absolute Gasteiger partial charge is 0.199 e. The predicted octanol–water partition coefficient (Wildman–Crippen LogP) is 3.06. The third-order valence-corrected chi connectivity index (χ3v) is 2.49. The lowest BCUT2D eigenvalue weighted by molar-refractivity contribution is 0.103. The molecule has 0 unspecified atom stereocenters. The molecule has 2 rings (SSSR count). The summed E-state index contributed by atoms with van der Waals surface area (Å²) in [6, 6.07) is 3.76. The van der Waals surface area contributed by atoms with Crippen LogP contribution >= 0.6 is 0 Å². The molecule has 0 radical (unpaired) electrons. The van der Waals surface area contributed by atoms with Gasteiger partial charge >= 0.3 is 0 Å². The number of rotatable bonds is 2. The number of benzene rings is 2. The van der Waals surface area contributed by atoms with E-state index in [1.807, 2.05) is 0 Å². The highest BCUT2D eigenvalue weighted by atomic mass is 19.2. The lowest BCUT2D eigenvalue weighted by Crippen LogP contribution is -2.09. The van der Waals surface area contributed by atoms with Crippen molar-refractivity contribution in [3.63, 3.8) is 0 Å². The van der Waals surface area contributed by atoms with Crippen LogP contribution in [-0.2, 0) is 0 Å². The number of carbonyl (C=O) groups excluding carboxylic acids is 1. The Kier molecular flexibility index (Phi) is 3.25. The number of ketones is 1. The van der Waals surface area contributed by atoms with Gasteiger partial charge in [0.15, 0.2) is 17.4 Å². The number of anilines is 1. The van der Waals surface area contributed by atoms with Crippen LogP contribution in [0, 0.1) is 23.3 Å². The van der Waals surface area contributed by atoms with Gasteiger partial charge in [0.2, 0.25) is 0 Å². The Morgan fingerprint density at radius 2 is 1.37 bits per heavy atom. The average Bonchev–Trinajstić information content (AvgIpc) is 2.36. The molecule has 0 spiro atoms. The fourth-order valence-corrected chi connectivity index (χ4v) is 1.56. The second-order valence-corrected chi connectivity index (χ2v) is 3.81. The summed E-state index contributed by atoms with van der Waals surface area (Å²) in [4.78, 5) is 11.9. The molecular formula is C13H7F4NO. The van der Waals surface area contributed by atoms with Crippen molar-refractivity contribution in [2.45, 2.75) is 0 Å². The Morgan fingerprint density at radius 3 is 2.05 bits per heavy atom. The van der Waals surface area contributed by atoms with Crippen molar-refractivity contribution < 1.29 is 22.4 Å². The molecule has 0 fully saturated rings. The molecule has 0 bridgehead atoms. The van der Waals surface area contributed by atoms with Crippen LogP contribution in [-0.4, -0.2) is 5.78 Å². The molecule has 2 aromatic carbocycles. The van der Waals surface area contributed by atoms with E-state index in [4.69, 9.17) is 5.73 Å². The van der Waals surface area contributed by atoms with Crippen LogP contribution in [0.15, 0.2) is 30.3 Å². The molecule has 0 aromatic heterocycles. The molecule has 0 aliphatic carbocycles. The molecule has 0 amide bonds. The molecule has 2 nitrogen and oxygen atoms in total. The average molecular weight is 269 g/mol. The van der Waals surface area contributed by atoms with Crippen LogP contribution < -0.4 is 5.73 Å². The van der Waals surface area contributed by atoms with Gasteiger partial charge in [-0.05, 0) is 24.3 Å². The van der Waals surface area contributed by atoms with Gasteiger partial charge in [-0.25, -0.2) is 17.6 Å². The Bertz CT molecular complexity index is 670. The minimum absolute atomic E-state index is 0.0905. The summed E-state index contributed by atoms with van der Waals surface area (Å²) in [5.74, 6) is -6.13. The Labute approximate surface area is 105 Å².